The topological polar surface area (TPSA) is 54.0 Å². The lowest BCUT2D eigenvalue weighted by Crippen LogP contribution is -2.32. The Morgan fingerprint density at radius 2 is 2.05 bits per heavy atom. The quantitative estimate of drug-likeness (QED) is 0.811. The zero-order valence-corrected chi connectivity index (χ0v) is 10.7. The number of carbonyl (C=O) groups excluding carboxylic acids is 1. The van der Waals surface area contributed by atoms with E-state index in [2.05, 4.69) is 15.6 Å². The van der Waals surface area contributed by atoms with E-state index in [1.807, 2.05) is 0 Å². The van der Waals surface area contributed by atoms with E-state index in [0.717, 1.165) is 18.3 Å². The highest BCUT2D eigenvalue weighted by Gasteiger charge is 2.30. The highest BCUT2D eigenvalue weighted by atomic mass is 19.4. The van der Waals surface area contributed by atoms with Gasteiger partial charge in [0.05, 0.1) is 5.56 Å². The highest BCUT2D eigenvalue weighted by Crippen LogP contribution is 2.29. The number of rotatable bonds is 5. The molecule has 0 radical (unpaired) electrons. The predicted octanol–water partition coefficient (Wildman–Crippen LogP) is 2.28. The van der Waals surface area contributed by atoms with Gasteiger partial charge in [-0.1, -0.05) is 13.8 Å². The smallest absolute Gasteiger partial charge is 0.368 e. The maximum Gasteiger partial charge on any atom is 0.416 e. The van der Waals surface area contributed by atoms with Crippen LogP contribution < -0.4 is 10.6 Å². The van der Waals surface area contributed by atoms with Crippen molar-refractivity contribution in [3.8, 4) is 0 Å². The van der Waals surface area contributed by atoms with Gasteiger partial charge in [0.1, 0.15) is 5.82 Å². The molecule has 106 valence electrons. The molecule has 0 aliphatic rings. The van der Waals surface area contributed by atoms with Crippen molar-refractivity contribution in [2.45, 2.75) is 20.0 Å². The Morgan fingerprint density at radius 1 is 1.37 bits per heavy atom. The van der Waals surface area contributed by atoms with Gasteiger partial charge in [0.15, 0.2) is 0 Å². The van der Waals surface area contributed by atoms with Crippen molar-refractivity contribution in [1.82, 2.24) is 10.3 Å². The maximum absolute atomic E-state index is 12.4. The van der Waals surface area contributed by atoms with E-state index >= 15 is 0 Å². The highest BCUT2D eigenvalue weighted by molar-refractivity contribution is 5.77. The van der Waals surface area contributed by atoms with Crippen LogP contribution in [-0.4, -0.2) is 24.0 Å². The summed E-state index contributed by atoms with van der Waals surface area (Å²) in [5.74, 6) is -0.0842. The number of carbonyl (C=O) groups is 1. The fourth-order valence-corrected chi connectivity index (χ4v) is 1.28. The second kappa shape index (κ2) is 6.40. The van der Waals surface area contributed by atoms with Crippen LogP contribution in [0.4, 0.5) is 19.0 Å². The van der Waals surface area contributed by atoms with Crippen molar-refractivity contribution in [2.75, 3.05) is 18.4 Å². The predicted molar refractivity (Wildman–Crippen MR) is 65.6 cm³/mol. The number of pyridine rings is 1. The van der Waals surface area contributed by atoms with E-state index in [-0.39, 0.29) is 17.6 Å². The summed E-state index contributed by atoms with van der Waals surface area (Å²) >= 11 is 0. The third-order valence-corrected chi connectivity index (χ3v) is 2.34. The number of amides is 1. The molecular weight excluding hydrogens is 259 g/mol. The monoisotopic (exact) mass is 275 g/mol. The first-order chi connectivity index (χ1) is 8.80. The Balaban J connectivity index is 2.44. The Morgan fingerprint density at radius 3 is 2.63 bits per heavy atom. The third kappa shape index (κ3) is 5.15. The lowest BCUT2D eigenvalue weighted by Gasteiger charge is -2.11. The molecule has 0 aromatic carbocycles. The van der Waals surface area contributed by atoms with Crippen LogP contribution in [0.15, 0.2) is 18.3 Å². The number of halogens is 3. The Bertz CT molecular complexity index is 432. The van der Waals surface area contributed by atoms with Crippen molar-refractivity contribution >= 4 is 11.7 Å². The van der Waals surface area contributed by atoms with Crippen LogP contribution in [0.25, 0.3) is 0 Å². The lowest BCUT2D eigenvalue weighted by molar-refractivity contribution is -0.137. The second-order valence-electron chi connectivity index (χ2n) is 4.30. The molecule has 1 rings (SSSR count). The number of hydrogen-bond donors (Lipinski definition) is 2. The zero-order chi connectivity index (χ0) is 14.5. The number of aromatic nitrogens is 1. The Kier molecular flexibility index (Phi) is 5.14. The first kappa shape index (κ1) is 15.3. The largest absolute Gasteiger partial charge is 0.416 e. The molecule has 0 aliphatic carbocycles. The number of anilines is 1. The minimum absolute atomic E-state index is 0.0983. The molecule has 0 atom stereocenters. The van der Waals surface area contributed by atoms with Gasteiger partial charge in [-0.05, 0) is 12.1 Å². The molecule has 0 fully saturated rings. The summed E-state index contributed by atoms with van der Waals surface area (Å²) in [6.45, 7) is 4.16. The van der Waals surface area contributed by atoms with Gasteiger partial charge in [0, 0.05) is 25.2 Å². The summed E-state index contributed by atoms with van der Waals surface area (Å²) in [4.78, 5) is 15.0. The fourth-order valence-electron chi connectivity index (χ4n) is 1.28. The molecule has 1 amide bonds. The molecule has 19 heavy (non-hydrogen) atoms. The van der Waals surface area contributed by atoms with E-state index < -0.39 is 11.7 Å². The van der Waals surface area contributed by atoms with Crippen molar-refractivity contribution < 1.29 is 18.0 Å². The van der Waals surface area contributed by atoms with Gasteiger partial charge in [-0.15, -0.1) is 0 Å². The minimum Gasteiger partial charge on any atom is -0.368 e. The van der Waals surface area contributed by atoms with Crippen LogP contribution in [0.2, 0.25) is 0 Å². The van der Waals surface area contributed by atoms with E-state index in [1.165, 1.54) is 0 Å². The second-order valence-corrected chi connectivity index (χ2v) is 4.30. The van der Waals surface area contributed by atoms with Crippen molar-refractivity contribution in [3.63, 3.8) is 0 Å². The van der Waals surface area contributed by atoms with Gasteiger partial charge < -0.3 is 10.6 Å². The zero-order valence-electron chi connectivity index (χ0n) is 10.7. The fraction of sp³-hybridized carbons (Fsp3) is 0.500. The van der Waals surface area contributed by atoms with E-state index in [1.54, 1.807) is 13.8 Å². The number of nitrogens with one attached hydrogen (secondary N) is 2. The standard InChI is InChI=1S/C12H16F3N3O/c1-8(2)11(19)18-6-5-17-10-7-9(3-4-16-10)12(13,14)15/h3-4,7-8H,5-6H2,1-2H3,(H,16,17)(H,18,19). The van der Waals surface area contributed by atoms with Crippen LogP contribution in [0.5, 0.6) is 0 Å². The summed E-state index contributed by atoms with van der Waals surface area (Å²) < 4.78 is 37.3. The minimum atomic E-state index is -4.38. The van der Waals surface area contributed by atoms with Gasteiger partial charge in [-0.2, -0.15) is 13.2 Å². The molecular formula is C12H16F3N3O. The molecule has 0 spiro atoms. The average molecular weight is 275 g/mol. The Hall–Kier alpha value is -1.79. The van der Waals surface area contributed by atoms with E-state index in [4.69, 9.17) is 0 Å². The summed E-state index contributed by atoms with van der Waals surface area (Å²) in [5.41, 5.74) is -0.754. The number of nitrogens with zero attached hydrogens (tertiary/aromatic N) is 1. The van der Waals surface area contributed by atoms with Crippen LogP contribution in [0, 0.1) is 5.92 Å². The first-order valence-electron chi connectivity index (χ1n) is 5.85. The normalized spacial score (nSPS) is 11.5. The Labute approximate surface area is 109 Å². The third-order valence-electron chi connectivity index (χ3n) is 2.34. The van der Waals surface area contributed by atoms with Gasteiger partial charge in [0.25, 0.3) is 0 Å². The van der Waals surface area contributed by atoms with Crippen LogP contribution in [-0.2, 0) is 11.0 Å². The molecule has 0 saturated heterocycles. The molecule has 1 heterocycles. The lowest BCUT2D eigenvalue weighted by atomic mass is 10.2. The molecule has 1 aromatic rings. The summed E-state index contributed by atoms with van der Waals surface area (Å²) in [5, 5.41) is 5.37. The summed E-state index contributed by atoms with van der Waals surface area (Å²) in [6, 6.07) is 1.84. The molecule has 0 unspecified atom stereocenters. The molecule has 1 aromatic heterocycles. The number of hydrogen-bond acceptors (Lipinski definition) is 3. The first-order valence-corrected chi connectivity index (χ1v) is 5.85. The molecule has 0 aliphatic heterocycles. The van der Waals surface area contributed by atoms with Crippen molar-refractivity contribution in [1.29, 1.82) is 0 Å². The van der Waals surface area contributed by atoms with Gasteiger partial charge in [-0.25, -0.2) is 4.98 Å². The molecule has 4 nitrogen and oxygen atoms in total. The maximum atomic E-state index is 12.4. The van der Waals surface area contributed by atoms with E-state index in [0.29, 0.717) is 13.1 Å². The van der Waals surface area contributed by atoms with Gasteiger partial charge >= 0.3 is 6.18 Å². The average Bonchev–Trinajstić information content (AvgIpc) is 2.33. The van der Waals surface area contributed by atoms with Crippen LogP contribution in [0.1, 0.15) is 19.4 Å². The summed E-state index contributed by atoms with van der Waals surface area (Å²) in [6.07, 6.45) is -3.29. The molecule has 0 bridgehead atoms. The van der Waals surface area contributed by atoms with Gasteiger partial charge in [0.2, 0.25) is 5.91 Å². The van der Waals surface area contributed by atoms with Crippen molar-refractivity contribution in [3.05, 3.63) is 23.9 Å². The van der Waals surface area contributed by atoms with E-state index in [9.17, 15) is 18.0 Å². The molecule has 0 saturated carbocycles. The molecule has 7 heteroatoms. The van der Waals surface area contributed by atoms with Crippen molar-refractivity contribution in [2.24, 2.45) is 5.92 Å². The SMILES string of the molecule is CC(C)C(=O)NCCNc1cc(C(F)(F)F)ccn1. The molecule has 2 N–H and O–H groups in total. The van der Waals surface area contributed by atoms with Crippen LogP contribution >= 0.6 is 0 Å². The van der Waals surface area contributed by atoms with Gasteiger partial charge in [-0.3, -0.25) is 4.79 Å². The number of alkyl halides is 3. The summed E-state index contributed by atoms with van der Waals surface area (Å²) in [7, 11) is 0. The van der Waals surface area contributed by atoms with Crippen LogP contribution in [0.3, 0.4) is 0 Å².